The number of hydrogen-bond donors (Lipinski definition) is 1. The quantitative estimate of drug-likeness (QED) is 0.905. The average molecular weight is 252 g/mol. The van der Waals surface area contributed by atoms with Crippen molar-refractivity contribution in [3.8, 4) is 5.88 Å². The summed E-state index contributed by atoms with van der Waals surface area (Å²) in [5, 5.41) is 17.2. The van der Waals surface area contributed by atoms with Gasteiger partial charge in [0.25, 0.3) is 0 Å². The van der Waals surface area contributed by atoms with E-state index in [9.17, 15) is 13.9 Å². The van der Waals surface area contributed by atoms with Crippen molar-refractivity contribution in [1.82, 2.24) is 10.2 Å². The molecule has 94 valence electrons. The highest BCUT2D eigenvalue weighted by molar-refractivity contribution is 5.28. The Morgan fingerprint density at radius 1 is 1.17 bits per heavy atom. The van der Waals surface area contributed by atoms with E-state index in [1.807, 2.05) is 0 Å². The molecule has 1 aromatic heterocycles. The number of nitrogens with zero attached hydrogens (tertiary/aromatic N) is 2. The summed E-state index contributed by atoms with van der Waals surface area (Å²) in [5.41, 5.74) is -0.0743. The van der Waals surface area contributed by atoms with Crippen LogP contribution in [0.3, 0.4) is 0 Å². The number of ether oxygens (including phenoxy) is 1. The second kappa shape index (κ2) is 5.05. The van der Waals surface area contributed by atoms with Crippen LogP contribution >= 0.6 is 0 Å². The summed E-state index contributed by atoms with van der Waals surface area (Å²) in [5.74, 6) is -1.85. The highest BCUT2D eigenvalue weighted by Crippen LogP contribution is 2.24. The first kappa shape index (κ1) is 12.4. The molecule has 1 atom stereocenters. The van der Waals surface area contributed by atoms with E-state index in [0.29, 0.717) is 0 Å². The molecule has 1 heterocycles. The van der Waals surface area contributed by atoms with Crippen LogP contribution in [0.5, 0.6) is 5.88 Å². The number of rotatable bonds is 3. The normalized spacial score (nSPS) is 12.2. The molecule has 0 radical (unpaired) electrons. The van der Waals surface area contributed by atoms with E-state index < -0.39 is 17.7 Å². The molecular weight excluding hydrogens is 242 g/mol. The van der Waals surface area contributed by atoms with Crippen molar-refractivity contribution in [3.63, 3.8) is 0 Å². The smallest absolute Gasteiger partial charge is 0.233 e. The molecule has 1 unspecified atom stereocenters. The number of aliphatic hydroxyl groups is 1. The summed E-state index contributed by atoms with van der Waals surface area (Å²) in [6, 6.07) is 6.48. The summed E-state index contributed by atoms with van der Waals surface area (Å²) >= 11 is 0. The maximum absolute atomic E-state index is 13.5. The van der Waals surface area contributed by atoms with E-state index in [4.69, 9.17) is 4.74 Å². The summed E-state index contributed by atoms with van der Waals surface area (Å²) in [6.07, 6.45) is -1.38. The molecule has 0 amide bonds. The predicted molar refractivity (Wildman–Crippen MR) is 59.0 cm³/mol. The highest BCUT2D eigenvalue weighted by atomic mass is 19.2. The number of halogens is 2. The molecule has 2 aromatic rings. The van der Waals surface area contributed by atoms with E-state index in [2.05, 4.69) is 10.2 Å². The van der Waals surface area contributed by atoms with Crippen LogP contribution in [-0.2, 0) is 0 Å². The molecule has 6 heteroatoms. The fourth-order valence-electron chi connectivity index (χ4n) is 1.48. The summed E-state index contributed by atoms with van der Waals surface area (Å²) in [6.45, 7) is 0. The van der Waals surface area contributed by atoms with Crippen molar-refractivity contribution < 1.29 is 18.6 Å². The molecule has 0 aliphatic heterocycles. The molecule has 2 rings (SSSR count). The van der Waals surface area contributed by atoms with Crippen molar-refractivity contribution in [1.29, 1.82) is 0 Å². The van der Waals surface area contributed by atoms with Gasteiger partial charge in [0.05, 0.1) is 12.8 Å². The van der Waals surface area contributed by atoms with Gasteiger partial charge in [0.1, 0.15) is 6.10 Å². The first-order chi connectivity index (χ1) is 8.63. The molecule has 0 bridgehead atoms. The summed E-state index contributed by atoms with van der Waals surface area (Å²) < 4.78 is 31.3. The van der Waals surface area contributed by atoms with Crippen LogP contribution in [0.15, 0.2) is 30.3 Å². The lowest BCUT2D eigenvalue weighted by molar-refractivity contribution is 0.206. The van der Waals surface area contributed by atoms with Crippen molar-refractivity contribution in [2.24, 2.45) is 0 Å². The number of methoxy groups -OCH3 is 1. The number of hydrogen-bond acceptors (Lipinski definition) is 4. The Balaban J connectivity index is 2.35. The zero-order chi connectivity index (χ0) is 13.1. The van der Waals surface area contributed by atoms with Gasteiger partial charge in [-0.15, -0.1) is 10.2 Å². The molecule has 1 N–H and O–H groups in total. The van der Waals surface area contributed by atoms with Crippen LogP contribution in [-0.4, -0.2) is 22.4 Å². The number of aliphatic hydroxyl groups excluding tert-OH is 1. The monoisotopic (exact) mass is 252 g/mol. The summed E-state index contributed by atoms with van der Waals surface area (Å²) in [4.78, 5) is 0. The van der Waals surface area contributed by atoms with Gasteiger partial charge >= 0.3 is 0 Å². The molecule has 0 fully saturated rings. The fourth-order valence-corrected chi connectivity index (χ4v) is 1.48. The third-order valence-corrected chi connectivity index (χ3v) is 2.43. The maximum atomic E-state index is 13.5. The maximum Gasteiger partial charge on any atom is 0.233 e. The van der Waals surface area contributed by atoms with Gasteiger partial charge in [-0.3, -0.25) is 0 Å². The van der Waals surface area contributed by atoms with Crippen LogP contribution in [0, 0.1) is 11.6 Å². The molecule has 0 saturated heterocycles. The lowest BCUT2D eigenvalue weighted by Gasteiger charge is -2.11. The predicted octanol–water partition coefficient (Wildman–Crippen LogP) is 1.85. The Labute approximate surface area is 102 Å². The Bertz CT molecular complexity index is 546. The van der Waals surface area contributed by atoms with Crippen molar-refractivity contribution >= 4 is 0 Å². The minimum Gasteiger partial charge on any atom is -0.480 e. The van der Waals surface area contributed by atoms with Gasteiger partial charge in [-0.25, -0.2) is 8.78 Å². The second-order valence-corrected chi connectivity index (χ2v) is 3.55. The topological polar surface area (TPSA) is 55.2 Å². The molecule has 0 saturated carbocycles. The van der Waals surface area contributed by atoms with Crippen LogP contribution < -0.4 is 4.74 Å². The van der Waals surface area contributed by atoms with Gasteiger partial charge in [-0.05, 0) is 12.1 Å². The largest absolute Gasteiger partial charge is 0.480 e. The lowest BCUT2D eigenvalue weighted by atomic mass is 10.1. The highest BCUT2D eigenvalue weighted by Gasteiger charge is 2.19. The molecule has 0 aliphatic rings. The molecule has 1 aromatic carbocycles. The number of benzene rings is 1. The second-order valence-electron chi connectivity index (χ2n) is 3.55. The van der Waals surface area contributed by atoms with Gasteiger partial charge in [-0.2, -0.15) is 0 Å². The van der Waals surface area contributed by atoms with Gasteiger partial charge in [0.2, 0.25) is 5.88 Å². The van der Waals surface area contributed by atoms with Crippen molar-refractivity contribution in [2.45, 2.75) is 6.10 Å². The Kier molecular flexibility index (Phi) is 3.47. The lowest BCUT2D eigenvalue weighted by Crippen LogP contribution is -2.07. The van der Waals surface area contributed by atoms with Gasteiger partial charge in [0, 0.05) is 11.6 Å². The van der Waals surface area contributed by atoms with Crippen LogP contribution in [0.2, 0.25) is 0 Å². The van der Waals surface area contributed by atoms with E-state index >= 15 is 0 Å². The minimum absolute atomic E-state index is 0.111. The molecule has 18 heavy (non-hydrogen) atoms. The Morgan fingerprint density at radius 2 is 1.94 bits per heavy atom. The average Bonchev–Trinajstić information content (AvgIpc) is 2.41. The van der Waals surface area contributed by atoms with Crippen molar-refractivity contribution in [2.75, 3.05) is 7.11 Å². The van der Waals surface area contributed by atoms with Gasteiger partial charge < -0.3 is 9.84 Å². The SMILES string of the molecule is COc1ccc(C(O)c2cccc(F)c2F)nn1. The van der Waals surface area contributed by atoms with Crippen LogP contribution in [0.1, 0.15) is 17.4 Å². The Hall–Kier alpha value is -2.08. The van der Waals surface area contributed by atoms with E-state index in [0.717, 1.165) is 6.07 Å². The number of aromatic nitrogens is 2. The van der Waals surface area contributed by atoms with Crippen LogP contribution in [0.4, 0.5) is 8.78 Å². The van der Waals surface area contributed by atoms with Gasteiger partial charge in [-0.1, -0.05) is 12.1 Å². The summed E-state index contributed by atoms with van der Waals surface area (Å²) in [7, 11) is 1.42. The van der Waals surface area contributed by atoms with E-state index in [-0.39, 0.29) is 17.1 Å². The first-order valence-electron chi connectivity index (χ1n) is 5.13. The first-order valence-corrected chi connectivity index (χ1v) is 5.13. The van der Waals surface area contributed by atoms with Crippen molar-refractivity contribution in [3.05, 3.63) is 53.2 Å². The Morgan fingerprint density at radius 3 is 2.56 bits per heavy atom. The zero-order valence-corrected chi connectivity index (χ0v) is 9.47. The third-order valence-electron chi connectivity index (χ3n) is 2.43. The van der Waals surface area contributed by atoms with Crippen LogP contribution in [0.25, 0.3) is 0 Å². The molecule has 4 nitrogen and oxygen atoms in total. The standard InChI is InChI=1S/C12H10F2N2O2/c1-18-10-6-5-9(15-16-10)12(17)7-3-2-4-8(13)11(7)14/h2-6,12,17H,1H3. The third kappa shape index (κ3) is 2.28. The van der Waals surface area contributed by atoms with E-state index in [1.54, 1.807) is 0 Å². The molecule has 0 spiro atoms. The van der Waals surface area contributed by atoms with Gasteiger partial charge in [0.15, 0.2) is 11.6 Å². The fraction of sp³-hybridized carbons (Fsp3) is 0.167. The van der Waals surface area contributed by atoms with E-state index in [1.165, 1.54) is 31.4 Å². The molecular formula is C12H10F2N2O2. The molecule has 0 aliphatic carbocycles. The minimum atomic E-state index is -1.38. The zero-order valence-electron chi connectivity index (χ0n) is 9.47.